The number of halogens is 2. The summed E-state index contributed by atoms with van der Waals surface area (Å²) in [5.41, 5.74) is 0.642. The van der Waals surface area contributed by atoms with Crippen LogP contribution in [0, 0.1) is 0 Å². The molecule has 2 rings (SSSR count). The van der Waals surface area contributed by atoms with Crippen LogP contribution in [-0.4, -0.2) is 23.5 Å². The van der Waals surface area contributed by atoms with Crippen LogP contribution < -0.4 is 5.32 Å². The molecule has 0 fully saturated rings. The fourth-order valence-electron chi connectivity index (χ4n) is 1.65. The van der Waals surface area contributed by atoms with E-state index in [2.05, 4.69) is 10.3 Å². The lowest BCUT2D eigenvalue weighted by atomic mass is 10.2. The van der Waals surface area contributed by atoms with E-state index in [4.69, 9.17) is 27.9 Å². The Hall–Kier alpha value is -2.11. The number of amides is 1. The van der Waals surface area contributed by atoms with E-state index in [0.29, 0.717) is 15.7 Å². The number of hydrogen-bond acceptors (Lipinski definition) is 4. The van der Waals surface area contributed by atoms with Gasteiger partial charge in [-0.25, -0.2) is 9.78 Å². The van der Waals surface area contributed by atoms with E-state index in [-0.39, 0.29) is 18.0 Å². The van der Waals surface area contributed by atoms with Crippen LogP contribution in [0.25, 0.3) is 0 Å². The average molecular weight is 339 g/mol. The Morgan fingerprint density at radius 1 is 1.14 bits per heavy atom. The van der Waals surface area contributed by atoms with E-state index in [0.717, 1.165) is 0 Å². The van der Waals surface area contributed by atoms with Gasteiger partial charge in [0.15, 0.2) is 0 Å². The van der Waals surface area contributed by atoms with Crippen LogP contribution in [0.2, 0.25) is 10.0 Å². The maximum atomic E-state index is 12.1. The highest BCUT2D eigenvalue weighted by Gasteiger charge is 2.13. The molecule has 0 bridgehead atoms. The van der Waals surface area contributed by atoms with Crippen molar-refractivity contribution in [3.63, 3.8) is 0 Å². The third-order valence-electron chi connectivity index (χ3n) is 2.64. The first-order valence-electron chi connectivity index (χ1n) is 6.42. The largest absolute Gasteiger partial charge is 0.461 e. The Balaban J connectivity index is 2.17. The standard InChI is InChI=1S/C15H12Cl2N2O3/c1-2-22-15(21)13-5-3-4-12(19-13)14(20)18-9-6-7-10(16)11(17)8-9/h3-8H,2H2,1H3,(H,18,20). The summed E-state index contributed by atoms with van der Waals surface area (Å²) in [5.74, 6) is -1.05. The van der Waals surface area contributed by atoms with Crippen LogP contribution >= 0.6 is 23.2 Å². The number of carbonyl (C=O) groups excluding carboxylic acids is 2. The molecule has 0 aliphatic rings. The van der Waals surface area contributed by atoms with Gasteiger partial charge in [-0.15, -0.1) is 0 Å². The van der Waals surface area contributed by atoms with Gasteiger partial charge >= 0.3 is 5.97 Å². The predicted molar refractivity (Wildman–Crippen MR) is 84.6 cm³/mol. The smallest absolute Gasteiger partial charge is 0.356 e. The molecule has 0 aliphatic carbocycles. The summed E-state index contributed by atoms with van der Waals surface area (Å²) in [5, 5.41) is 3.35. The Labute approximate surface area is 137 Å². The molecule has 0 saturated carbocycles. The number of nitrogens with zero attached hydrogens (tertiary/aromatic N) is 1. The number of pyridine rings is 1. The van der Waals surface area contributed by atoms with Crippen LogP contribution in [0.5, 0.6) is 0 Å². The van der Waals surface area contributed by atoms with Gasteiger partial charge in [-0.2, -0.15) is 0 Å². The van der Waals surface area contributed by atoms with Crippen LogP contribution in [0.4, 0.5) is 5.69 Å². The molecular formula is C15H12Cl2N2O3. The molecule has 0 saturated heterocycles. The lowest BCUT2D eigenvalue weighted by molar-refractivity contribution is 0.0519. The first-order chi connectivity index (χ1) is 10.5. The number of ether oxygens (including phenoxy) is 1. The van der Waals surface area contributed by atoms with Crippen molar-refractivity contribution in [3.05, 3.63) is 57.8 Å². The maximum absolute atomic E-state index is 12.1. The highest BCUT2D eigenvalue weighted by Crippen LogP contribution is 2.25. The second kappa shape index (κ2) is 7.24. The molecule has 114 valence electrons. The first-order valence-corrected chi connectivity index (χ1v) is 7.17. The van der Waals surface area contributed by atoms with Crippen molar-refractivity contribution in [1.82, 2.24) is 4.98 Å². The number of benzene rings is 1. The van der Waals surface area contributed by atoms with E-state index in [1.54, 1.807) is 25.1 Å². The SMILES string of the molecule is CCOC(=O)c1cccc(C(=O)Nc2ccc(Cl)c(Cl)c2)n1. The normalized spacial score (nSPS) is 10.1. The predicted octanol–water partition coefficient (Wildman–Crippen LogP) is 3.82. The van der Waals surface area contributed by atoms with Gasteiger partial charge in [-0.3, -0.25) is 4.79 Å². The van der Waals surface area contributed by atoms with Crippen molar-refractivity contribution in [2.24, 2.45) is 0 Å². The van der Waals surface area contributed by atoms with Gasteiger partial charge in [0, 0.05) is 5.69 Å². The summed E-state index contributed by atoms with van der Waals surface area (Å²) in [6.07, 6.45) is 0. The van der Waals surface area contributed by atoms with Gasteiger partial charge < -0.3 is 10.1 Å². The Kier molecular flexibility index (Phi) is 5.35. The fraction of sp³-hybridized carbons (Fsp3) is 0.133. The molecule has 22 heavy (non-hydrogen) atoms. The molecule has 1 heterocycles. The van der Waals surface area contributed by atoms with E-state index in [9.17, 15) is 9.59 Å². The lowest BCUT2D eigenvalue weighted by Crippen LogP contribution is -2.16. The topological polar surface area (TPSA) is 68.3 Å². The minimum atomic E-state index is -0.577. The van der Waals surface area contributed by atoms with Crippen molar-refractivity contribution >= 4 is 40.8 Å². The molecule has 1 amide bonds. The first kappa shape index (κ1) is 16.3. The van der Waals surface area contributed by atoms with Gasteiger partial charge in [0.1, 0.15) is 11.4 Å². The van der Waals surface area contributed by atoms with Gasteiger partial charge in [0.25, 0.3) is 5.91 Å². The zero-order valence-corrected chi connectivity index (χ0v) is 13.1. The third-order valence-corrected chi connectivity index (χ3v) is 3.38. The maximum Gasteiger partial charge on any atom is 0.356 e. The van der Waals surface area contributed by atoms with Crippen molar-refractivity contribution in [1.29, 1.82) is 0 Å². The molecule has 5 nitrogen and oxygen atoms in total. The van der Waals surface area contributed by atoms with Gasteiger partial charge in [0.2, 0.25) is 0 Å². The number of aromatic nitrogens is 1. The molecule has 0 atom stereocenters. The lowest BCUT2D eigenvalue weighted by Gasteiger charge is -2.07. The molecule has 1 aromatic heterocycles. The van der Waals surface area contributed by atoms with Crippen molar-refractivity contribution in [2.75, 3.05) is 11.9 Å². The number of carbonyl (C=O) groups is 2. The summed E-state index contributed by atoms with van der Waals surface area (Å²) in [6, 6.07) is 9.24. The summed E-state index contributed by atoms with van der Waals surface area (Å²) in [4.78, 5) is 27.7. The minimum absolute atomic E-state index is 0.0728. The molecule has 0 aliphatic heterocycles. The van der Waals surface area contributed by atoms with Gasteiger partial charge in [0.05, 0.1) is 16.7 Å². The molecule has 0 unspecified atom stereocenters. The number of nitrogens with one attached hydrogen (secondary N) is 1. The molecule has 7 heteroatoms. The third kappa shape index (κ3) is 3.96. The average Bonchev–Trinajstić information content (AvgIpc) is 2.51. The van der Waals surface area contributed by atoms with Crippen LogP contribution in [0.15, 0.2) is 36.4 Å². The Bertz CT molecular complexity index is 720. The summed E-state index contributed by atoms with van der Waals surface area (Å²) < 4.78 is 4.84. The van der Waals surface area contributed by atoms with E-state index < -0.39 is 11.9 Å². The minimum Gasteiger partial charge on any atom is -0.461 e. The second-order valence-electron chi connectivity index (χ2n) is 4.21. The second-order valence-corrected chi connectivity index (χ2v) is 5.03. The van der Waals surface area contributed by atoms with Crippen molar-refractivity contribution in [2.45, 2.75) is 6.92 Å². The summed E-state index contributed by atoms with van der Waals surface area (Å²) in [6.45, 7) is 1.93. The molecule has 2 aromatic rings. The number of anilines is 1. The highest BCUT2D eigenvalue weighted by molar-refractivity contribution is 6.42. The Morgan fingerprint density at radius 3 is 2.55 bits per heavy atom. The van der Waals surface area contributed by atoms with Crippen LogP contribution in [0.3, 0.4) is 0 Å². The highest BCUT2D eigenvalue weighted by atomic mass is 35.5. The monoisotopic (exact) mass is 338 g/mol. The van der Waals surface area contributed by atoms with Crippen LogP contribution in [0.1, 0.15) is 27.9 Å². The van der Waals surface area contributed by atoms with E-state index in [1.165, 1.54) is 18.2 Å². The molecule has 0 spiro atoms. The fourth-order valence-corrected chi connectivity index (χ4v) is 1.95. The van der Waals surface area contributed by atoms with Gasteiger partial charge in [-0.1, -0.05) is 29.3 Å². The Morgan fingerprint density at radius 2 is 1.86 bits per heavy atom. The zero-order valence-electron chi connectivity index (χ0n) is 11.6. The number of hydrogen-bond donors (Lipinski definition) is 1. The molecular weight excluding hydrogens is 327 g/mol. The summed E-state index contributed by atoms with van der Waals surface area (Å²) >= 11 is 11.7. The quantitative estimate of drug-likeness (QED) is 0.860. The van der Waals surface area contributed by atoms with E-state index >= 15 is 0 Å². The van der Waals surface area contributed by atoms with E-state index in [1.807, 2.05) is 0 Å². The number of rotatable bonds is 4. The summed E-state index contributed by atoms with van der Waals surface area (Å²) in [7, 11) is 0. The van der Waals surface area contributed by atoms with Crippen molar-refractivity contribution < 1.29 is 14.3 Å². The zero-order chi connectivity index (χ0) is 16.1. The van der Waals surface area contributed by atoms with Gasteiger partial charge in [-0.05, 0) is 37.3 Å². The van der Waals surface area contributed by atoms with Crippen molar-refractivity contribution in [3.8, 4) is 0 Å². The van der Waals surface area contributed by atoms with Crippen LogP contribution in [-0.2, 0) is 4.74 Å². The molecule has 0 radical (unpaired) electrons. The number of esters is 1. The molecule has 1 aromatic carbocycles. The molecule has 1 N–H and O–H groups in total.